The molecule has 1 aromatic carbocycles. The summed E-state index contributed by atoms with van der Waals surface area (Å²) in [6.45, 7) is 1.21. The Labute approximate surface area is 177 Å². The molecule has 0 atom stereocenters. The SMILES string of the molecule is CN(C)c1ccc(C(=O)N2CCN(S(=O)(=O)c3ccc4c(c3)CCCC4)CC2)nn1. The summed E-state index contributed by atoms with van der Waals surface area (Å²) >= 11 is 0. The fraction of sp³-hybridized carbons (Fsp3) is 0.476. The van der Waals surface area contributed by atoms with E-state index in [-0.39, 0.29) is 24.7 Å². The average molecular weight is 430 g/mol. The lowest BCUT2D eigenvalue weighted by atomic mass is 9.92. The Balaban J connectivity index is 1.43. The Morgan fingerprint density at radius 3 is 2.27 bits per heavy atom. The van der Waals surface area contributed by atoms with Crippen molar-refractivity contribution in [2.45, 2.75) is 30.6 Å². The molecule has 0 spiro atoms. The van der Waals surface area contributed by atoms with Crippen LogP contribution < -0.4 is 4.90 Å². The van der Waals surface area contributed by atoms with Gasteiger partial charge in [0, 0.05) is 40.3 Å². The molecule has 9 heteroatoms. The fourth-order valence-electron chi connectivity index (χ4n) is 3.99. The summed E-state index contributed by atoms with van der Waals surface area (Å²) in [6.07, 6.45) is 4.23. The van der Waals surface area contributed by atoms with E-state index in [2.05, 4.69) is 10.2 Å². The quantitative estimate of drug-likeness (QED) is 0.733. The van der Waals surface area contributed by atoms with Crippen LogP contribution in [0.5, 0.6) is 0 Å². The Morgan fingerprint density at radius 2 is 1.63 bits per heavy atom. The second kappa shape index (κ2) is 8.31. The molecule has 0 radical (unpaired) electrons. The maximum Gasteiger partial charge on any atom is 0.274 e. The van der Waals surface area contributed by atoms with E-state index in [1.54, 1.807) is 23.1 Å². The van der Waals surface area contributed by atoms with Gasteiger partial charge in [0.05, 0.1) is 4.90 Å². The summed E-state index contributed by atoms with van der Waals surface area (Å²) in [5, 5.41) is 8.06. The van der Waals surface area contributed by atoms with Crippen molar-refractivity contribution >= 4 is 21.7 Å². The van der Waals surface area contributed by atoms with Gasteiger partial charge in [0.2, 0.25) is 10.0 Å². The zero-order valence-corrected chi connectivity index (χ0v) is 18.2. The Kier molecular flexibility index (Phi) is 5.75. The van der Waals surface area contributed by atoms with Crippen LogP contribution in [0.2, 0.25) is 0 Å². The molecule has 2 heterocycles. The van der Waals surface area contributed by atoms with Gasteiger partial charge in [0.25, 0.3) is 5.91 Å². The molecule has 2 aromatic rings. The minimum atomic E-state index is -3.56. The maximum atomic E-state index is 13.1. The van der Waals surface area contributed by atoms with Gasteiger partial charge in [-0.2, -0.15) is 4.31 Å². The van der Waals surface area contributed by atoms with Crippen LogP contribution in [0.4, 0.5) is 5.82 Å². The molecule has 0 N–H and O–H groups in total. The first-order chi connectivity index (χ1) is 14.4. The van der Waals surface area contributed by atoms with Gasteiger partial charge in [-0.1, -0.05) is 6.07 Å². The zero-order valence-electron chi connectivity index (χ0n) is 17.4. The molecule has 1 aromatic heterocycles. The largest absolute Gasteiger partial charge is 0.361 e. The van der Waals surface area contributed by atoms with Crippen molar-refractivity contribution in [1.29, 1.82) is 0 Å². The first-order valence-electron chi connectivity index (χ1n) is 10.3. The third-order valence-corrected chi connectivity index (χ3v) is 7.71. The van der Waals surface area contributed by atoms with Gasteiger partial charge in [-0.05, 0) is 61.1 Å². The molecule has 160 valence electrons. The molecule has 1 fully saturated rings. The Bertz CT molecular complexity index is 1030. The fourth-order valence-corrected chi connectivity index (χ4v) is 5.46. The van der Waals surface area contributed by atoms with Gasteiger partial charge in [-0.25, -0.2) is 8.42 Å². The van der Waals surface area contributed by atoms with Gasteiger partial charge in [0.15, 0.2) is 11.5 Å². The number of anilines is 1. The summed E-state index contributed by atoms with van der Waals surface area (Å²) in [5.74, 6) is 0.450. The van der Waals surface area contributed by atoms with Crippen molar-refractivity contribution in [3.05, 3.63) is 47.2 Å². The highest BCUT2D eigenvalue weighted by Crippen LogP contribution is 2.26. The van der Waals surface area contributed by atoms with Crippen molar-refractivity contribution in [2.75, 3.05) is 45.2 Å². The number of benzene rings is 1. The molecule has 1 saturated heterocycles. The van der Waals surface area contributed by atoms with E-state index in [0.717, 1.165) is 31.2 Å². The first-order valence-corrected chi connectivity index (χ1v) is 11.7. The first kappa shape index (κ1) is 20.7. The zero-order chi connectivity index (χ0) is 21.3. The van der Waals surface area contributed by atoms with Crippen molar-refractivity contribution in [2.24, 2.45) is 0 Å². The highest BCUT2D eigenvalue weighted by atomic mass is 32.2. The third kappa shape index (κ3) is 4.04. The lowest BCUT2D eigenvalue weighted by Gasteiger charge is -2.34. The van der Waals surface area contributed by atoms with E-state index in [4.69, 9.17) is 0 Å². The molecule has 0 bridgehead atoms. The molecular formula is C21H27N5O3S. The molecule has 30 heavy (non-hydrogen) atoms. The number of fused-ring (bicyclic) bond motifs is 1. The monoisotopic (exact) mass is 429 g/mol. The maximum absolute atomic E-state index is 13.1. The predicted octanol–water partition coefficient (Wildman–Crippen LogP) is 1.57. The highest BCUT2D eigenvalue weighted by Gasteiger charge is 2.31. The van der Waals surface area contributed by atoms with Crippen LogP contribution in [-0.2, 0) is 22.9 Å². The van der Waals surface area contributed by atoms with Gasteiger partial charge in [-0.3, -0.25) is 4.79 Å². The number of amides is 1. The second-order valence-corrected chi connectivity index (χ2v) is 9.94. The highest BCUT2D eigenvalue weighted by molar-refractivity contribution is 7.89. The minimum absolute atomic E-state index is 0.223. The summed E-state index contributed by atoms with van der Waals surface area (Å²) in [4.78, 5) is 16.5. The predicted molar refractivity (Wildman–Crippen MR) is 114 cm³/mol. The minimum Gasteiger partial charge on any atom is -0.361 e. The molecular weight excluding hydrogens is 402 g/mol. The molecule has 8 nitrogen and oxygen atoms in total. The van der Waals surface area contributed by atoms with Crippen molar-refractivity contribution in [1.82, 2.24) is 19.4 Å². The van der Waals surface area contributed by atoms with Crippen LogP contribution in [0.1, 0.15) is 34.5 Å². The van der Waals surface area contributed by atoms with Crippen molar-refractivity contribution in [3.63, 3.8) is 0 Å². The van der Waals surface area contributed by atoms with E-state index in [1.807, 2.05) is 31.1 Å². The number of aryl methyl sites for hydroxylation is 2. The van der Waals surface area contributed by atoms with Gasteiger partial charge < -0.3 is 9.80 Å². The van der Waals surface area contributed by atoms with Crippen LogP contribution in [0.25, 0.3) is 0 Å². The summed E-state index contributed by atoms with van der Waals surface area (Å²) in [6, 6.07) is 8.91. The number of sulfonamides is 1. The summed E-state index contributed by atoms with van der Waals surface area (Å²) in [5.41, 5.74) is 2.68. The van der Waals surface area contributed by atoms with E-state index >= 15 is 0 Å². The van der Waals surface area contributed by atoms with E-state index < -0.39 is 10.0 Å². The smallest absolute Gasteiger partial charge is 0.274 e. The van der Waals surface area contributed by atoms with Crippen LogP contribution in [0.3, 0.4) is 0 Å². The van der Waals surface area contributed by atoms with Gasteiger partial charge in [-0.15, -0.1) is 10.2 Å². The van der Waals surface area contributed by atoms with Crippen LogP contribution in [-0.4, -0.2) is 74.0 Å². The molecule has 4 rings (SSSR count). The Hall–Kier alpha value is -2.52. The van der Waals surface area contributed by atoms with Crippen molar-refractivity contribution < 1.29 is 13.2 Å². The lowest BCUT2D eigenvalue weighted by Crippen LogP contribution is -2.50. The lowest BCUT2D eigenvalue weighted by molar-refractivity contribution is 0.0691. The van der Waals surface area contributed by atoms with Crippen LogP contribution in [0, 0.1) is 0 Å². The van der Waals surface area contributed by atoms with Crippen LogP contribution >= 0.6 is 0 Å². The van der Waals surface area contributed by atoms with E-state index in [1.165, 1.54) is 9.87 Å². The number of hydrogen-bond donors (Lipinski definition) is 0. The Morgan fingerprint density at radius 1 is 0.933 bits per heavy atom. The summed E-state index contributed by atoms with van der Waals surface area (Å²) < 4.78 is 27.7. The number of piperazine rings is 1. The van der Waals surface area contributed by atoms with Crippen LogP contribution in [0.15, 0.2) is 35.2 Å². The topological polar surface area (TPSA) is 86.7 Å². The molecule has 2 aliphatic rings. The number of aromatic nitrogens is 2. The number of nitrogens with zero attached hydrogens (tertiary/aromatic N) is 5. The third-order valence-electron chi connectivity index (χ3n) is 5.81. The standard InChI is InChI=1S/C21H27N5O3S/c1-24(2)20-10-9-19(22-23-20)21(27)25-11-13-26(14-12-25)30(28,29)18-8-7-16-5-3-4-6-17(16)15-18/h7-10,15H,3-6,11-14H2,1-2H3. The normalized spacial score (nSPS) is 17.5. The number of rotatable bonds is 4. The number of carbonyl (C=O) groups is 1. The molecule has 1 aliphatic heterocycles. The van der Waals surface area contributed by atoms with E-state index in [9.17, 15) is 13.2 Å². The van der Waals surface area contributed by atoms with Gasteiger partial charge >= 0.3 is 0 Å². The molecule has 1 amide bonds. The molecule has 0 unspecified atom stereocenters. The van der Waals surface area contributed by atoms with Crippen molar-refractivity contribution in [3.8, 4) is 0 Å². The molecule has 1 aliphatic carbocycles. The molecule has 0 saturated carbocycles. The second-order valence-electron chi connectivity index (χ2n) is 8.01. The van der Waals surface area contributed by atoms with Gasteiger partial charge in [0.1, 0.15) is 0 Å². The number of carbonyl (C=O) groups excluding carboxylic acids is 1. The van der Waals surface area contributed by atoms with E-state index in [0.29, 0.717) is 23.8 Å². The summed E-state index contributed by atoms with van der Waals surface area (Å²) in [7, 11) is 0.147. The number of hydrogen-bond acceptors (Lipinski definition) is 6. The average Bonchev–Trinajstić information content (AvgIpc) is 2.78.